The minimum absolute atomic E-state index is 0.114. The fourth-order valence-electron chi connectivity index (χ4n) is 1.20. The summed E-state index contributed by atoms with van der Waals surface area (Å²) >= 11 is 2.45. The van der Waals surface area contributed by atoms with Crippen LogP contribution in [0.15, 0.2) is 31.9 Å². The molecule has 0 saturated heterocycles. The molecule has 18 heavy (non-hydrogen) atoms. The SMILES string of the molecule is Cn1ccnc(Sc2nc(CC(=O)O)cs2)c1=O. The van der Waals surface area contributed by atoms with Gasteiger partial charge in [0.1, 0.15) is 0 Å². The number of rotatable bonds is 4. The van der Waals surface area contributed by atoms with Gasteiger partial charge in [0, 0.05) is 24.8 Å². The van der Waals surface area contributed by atoms with Gasteiger partial charge in [-0.1, -0.05) is 0 Å². The second-order valence-electron chi connectivity index (χ2n) is 3.43. The van der Waals surface area contributed by atoms with Gasteiger partial charge >= 0.3 is 5.97 Å². The Morgan fingerprint density at radius 2 is 2.39 bits per heavy atom. The second-order valence-corrected chi connectivity index (χ2v) is 5.52. The van der Waals surface area contributed by atoms with Crippen molar-refractivity contribution in [1.82, 2.24) is 14.5 Å². The Morgan fingerprint density at radius 3 is 3.11 bits per heavy atom. The maximum absolute atomic E-state index is 11.7. The first-order valence-electron chi connectivity index (χ1n) is 4.92. The molecule has 0 spiro atoms. The van der Waals surface area contributed by atoms with E-state index in [-0.39, 0.29) is 12.0 Å². The summed E-state index contributed by atoms with van der Waals surface area (Å²) in [5.74, 6) is -0.925. The van der Waals surface area contributed by atoms with Crippen LogP contribution in [-0.2, 0) is 18.3 Å². The maximum atomic E-state index is 11.7. The third-order valence-corrected chi connectivity index (χ3v) is 3.99. The predicted molar refractivity (Wildman–Crippen MR) is 67.1 cm³/mol. The molecule has 2 aromatic heterocycles. The van der Waals surface area contributed by atoms with Gasteiger partial charge in [0.2, 0.25) is 0 Å². The van der Waals surface area contributed by atoms with Crippen LogP contribution in [0.25, 0.3) is 0 Å². The summed E-state index contributed by atoms with van der Waals surface area (Å²) < 4.78 is 2.04. The number of aromatic nitrogens is 3. The average Bonchev–Trinajstić information content (AvgIpc) is 2.71. The highest BCUT2D eigenvalue weighted by Crippen LogP contribution is 2.26. The molecule has 0 aliphatic heterocycles. The van der Waals surface area contributed by atoms with Crippen molar-refractivity contribution in [2.45, 2.75) is 15.8 Å². The normalized spacial score (nSPS) is 10.5. The fourth-order valence-corrected chi connectivity index (χ4v) is 2.99. The molecule has 8 heteroatoms. The molecule has 0 atom stereocenters. The summed E-state index contributed by atoms with van der Waals surface area (Å²) in [5, 5.41) is 10.6. The minimum Gasteiger partial charge on any atom is -0.481 e. The Morgan fingerprint density at radius 1 is 1.61 bits per heavy atom. The van der Waals surface area contributed by atoms with Gasteiger partial charge in [0.05, 0.1) is 12.1 Å². The lowest BCUT2D eigenvalue weighted by Gasteiger charge is -1.98. The number of aryl methyl sites for hydroxylation is 1. The van der Waals surface area contributed by atoms with E-state index in [0.29, 0.717) is 15.1 Å². The lowest BCUT2D eigenvalue weighted by Crippen LogP contribution is -2.18. The molecule has 0 radical (unpaired) electrons. The Kier molecular flexibility index (Phi) is 3.78. The summed E-state index contributed by atoms with van der Waals surface area (Å²) in [6.45, 7) is 0. The zero-order chi connectivity index (χ0) is 13.1. The van der Waals surface area contributed by atoms with Crippen molar-refractivity contribution in [3.63, 3.8) is 0 Å². The summed E-state index contributed by atoms with van der Waals surface area (Å²) in [6, 6.07) is 0. The molecule has 1 N–H and O–H groups in total. The van der Waals surface area contributed by atoms with E-state index < -0.39 is 5.97 Å². The third-order valence-electron chi connectivity index (χ3n) is 2.03. The molecule has 94 valence electrons. The molecule has 0 amide bonds. The van der Waals surface area contributed by atoms with Crippen LogP contribution in [0.1, 0.15) is 5.69 Å². The van der Waals surface area contributed by atoms with E-state index in [1.54, 1.807) is 18.6 Å². The molecule has 0 aromatic carbocycles. The lowest BCUT2D eigenvalue weighted by atomic mass is 10.3. The van der Waals surface area contributed by atoms with Gasteiger partial charge in [-0.05, 0) is 11.8 Å². The summed E-state index contributed by atoms with van der Waals surface area (Å²) in [4.78, 5) is 30.4. The van der Waals surface area contributed by atoms with Gasteiger partial charge in [-0.25, -0.2) is 9.97 Å². The van der Waals surface area contributed by atoms with Gasteiger partial charge in [0.25, 0.3) is 5.56 Å². The first-order valence-corrected chi connectivity index (χ1v) is 6.61. The number of aliphatic carboxylic acids is 1. The van der Waals surface area contributed by atoms with Crippen LogP contribution in [0.3, 0.4) is 0 Å². The zero-order valence-corrected chi connectivity index (χ0v) is 11.0. The van der Waals surface area contributed by atoms with Crippen LogP contribution < -0.4 is 5.56 Å². The predicted octanol–water partition coefficient (Wildman–Crippen LogP) is 1.02. The topological polar surface area (TPSA) is 85.1 Å². The molecule has 0 aliphatic rings. The van der Waals surface area contributed by atoms with Gasteiger partial charge in [-0.2, -0.15) is 0 Å². The third kappa shape index (κ3) is 2.96. The second kappa shape index (κ2) is 5.32. The van der Waals surface area contributed by atoms with Gasteiger partial charge in [-0.15, -0.1) is 11.3 Å². The van der Waals surface area contributed by atoms with E-state index in [1.165, 1.54) is 22.1 Å². The first kappa shape index (κ1) is 12.8. The zero-order valence-electron chi connectivity index (χ0n) is 9.36. The van der Waals surface area contributed by atoms with E-state index in [4.69, 9.17) is 5.11 Å². The number of carbonyl (C=O) groups is 1. The number of carboxylic acids is 1. The number of hydrogen-bond acceptors (Lipinski definition) is 6. The minimum atomic E-state index is -0.925. The number of thiazole rings is 1. The van der Waals surface area contributed by atoms with Crippen LogP contribution in [0.5, 0.6) is 0 Å². The van der Waals surface area contributed by atoms with E-state index in [2.05, 4.69) is 9.97 Å². The number of nitrogens with zero attached hydrogens (tertiary/aromatic N) is 3. The van der Waals surface area contributed by atoms with Crippen LogP contribution in [0, 0.1) is 0 Å². The molecule has 0 unspecified atom stereocenters. The van der Waals surface area contributed by atoms with Crippen LogP contribution in [0.4, 0.5) is 0 Å². The van der Waals surface area contributed by atoms with Crippen molar-refractivity contribution in [3.8, 4) is 0 Å². The molecule has 2 heterocycles. The quantitative estimate of drug-likeness (QED) is 0.901. The van der Waals surface area contributed by atoms with Crippen molar-refractivity contribution >= 4 is 29.1 Å². The monoisotopic (exact) mass is 283 g/mol. The standard InChI is InChI=1S/C10H9N3O3S2/c1-13-3-2-11-8(9(13)16)18-10-12-6(5-17-10)4-7(14)15/h2-3,5H,4H2,1H3,(H,14,15). The average molecular weight is 283 g/mol. The molecule has 0 bridgehead atoms. The van der Waals surface area contributed by atoms with Crippen molar-refractivity contribution < 1.29 is 9.90 Å². The Labute approximate surface area is 110 Å². The molecular weight excluding hydrogens is 274 g/mol. The van der Waals surface area contributed by atoms with Crippen molar-refractivity contribution in [1.29, 1.82) is 0 Å². The molecule has 0 saturated carbocycles. The summed E-state index contributed by atoms with van der Waals surface area (Å²) in [6.07, 6.45) is 3.00. The summed E-state index contributed by atoms with van der Waals surface area (Å²) in [5.41, 5.74) is 0.292. The molecule has 0 fully saturated rings. The lowest BCUT2D eigenvalue weighted by molar-refractivity contribution is -0.136. The highest BCUT2D eigenvalue weighted by Gasteiger charge is 2.10. The van der Waals surface area contributed by atoms with Crippen LogP contribution >= 0.6 is 23.1 Å². The summed E-state index contributed by atoms with van der Waals surface area (Å²) in [7, 11) is 1.64. The first-order chi connectivity index (χ1) is 8.56. The van der Waals surface area contributed by atoms with Gasteiger partial charge < -0.3 is 9.67 Å². The van der Waals surface area contributed by atoms with Crippen molar-refractivity contribution in [2.75, 3.05) is 0 Å². The molecule has 2 aromatic rings. The Balaban J connectivity index is 2.19. The largest absolute Gasteiger partial charge is 0.481 e. The van der Waals surface area contributed by atoms with Gasteiger partial charge in [-0.3, -0.25) is 9.59 Å². The smallest absolute Gasteiger partial charge is 0.309 e. The number of carboxylic acid groups (broad SMARTS) is 1. The Hall–Kier alpha value is -1.67. The maximum Gasteiger partial charge on any atom is 0.309 e. The van der Waals surface area contributed by atoms with E-state index >= 15 is 0 Å². The highest BCUT2D eigenvalue weighted by atomic mass is 32.2. The fraction of sp³-hybridized carbons (Fsp3) is 0.200. The molecule has 6 nitrogen and oxygen atoms in total. The molecule has 2 rings (SSSR count). The number of hydrogen-bond donors (Lipinski definition) is 1. The van der Waals surface area contributed by atoms with Crippen LogP contribution in [0.2, 0.25) is 0 Å². The van der Waals surface area contributed by atoms with Crippen molar-refractivity contribution in [2.24, 2.45) is 7.05 Å². The van der Waals surface area contributed by atoms with E-state index in [1.807, 2.05) is 0 Å². The highest BCUT2D eigenvalue weighted by molar-refractivity contribution is 8.00. The Bertz CT molecular complexity index is 635. The van der Waals surface area contributed by atoms with Crippen molar-refractivity contribution in [3.05, 3.63) is 33.8 Å². The van der Waals surface area contributed by atoms with E-state index in [0.717, 1.165) is 11.8 Å². The van der Waals surface area contributed by atoms with Crippen LogP contribution in [-0.4, -0.2) is 25.6 Å². The van der Waals surface area contributed by atoms with Gasteiger partial charge in [0.15, 0.2) is 9.37 Å². The molecule has 0 aliphatic carbocycles. The van der Waals surface area contributed by atoms with E-state index in [9.17, 15) is 9.59 Å². The molecular formula is C10H9N3O3S2.